The van der Waals surface area contributed by atoms with Crippen molar-refractivity contribution < 1.29 is 9.13 Å². The topological polar surface area (TPSA) is 33.0 Å². The Hall–Kier alpha value is -1.92. The summed E-state index contributed by atoms with van der Waals surface area (Å²) in [4.78, 5) is 0. The van der Waals surface area contributed by atoms with E-state index in [-0.39, 0.29) is 0 Å². The Morgan fingerprint density at radius 1 is 1.07 bits per heavy atom. The number of nitrogens with zero attached hydrogens (tertiary/aromatic N) is 1. The van der Waals surface area contributed by atoms with Gasteiger partial charge in [-0.15, -0.1) is 0 Å². The molecule has 0 saturated heterocycles. The second kappa shape index (κ2) is 13.3. The van der Waals surface area contributed by atoms with Crippen LogP contribution in [-0.2, 0) is 17.8 Å². The lowest BCUT2D eigenvalue weighted by atomic mass is 9.87. The fourth-order valence-corrected chi connectivity index (χ4v) is 3.73. The minimum absolute atomic E-state index is 0.314. The zero-order chi connectivity index (χ0) is 20.0. The van der Waals surface area contributed by atoms with E-state index in [4.69, 9.17) is 10.00 Å². The van der Waals surface area contributed by atoms with Crippen LogP contribution in [0.25, 0.3) is 0 Å². The summed E-state index contributed by atoms with van der Waals surface area (Å²) in [5.41, 5.74) is 2.67. The third kappa shape index (κ3) is 8.85. The van der Waals surface area contributed by atoms with Gasteiger partial charge in [0.25, 0.3) is 0 Å². The van der Waals surface area contributed by atoms with Crippen LogP contribution in [0.5, 0.6) is 0 Å². The number of nitriles is 1. The van der Waals surface area contributed by atoms with Crippen molar-refractivity contribution in [3.8, 4) is 6.07 Å². The Balaban J connectivity index is 1.63. The zero-order valence-corrected chi connectivity index (χ0v) is 17.2. The first-order chi connectivity index (χ1) is 13.7. The summed E-state index contributed by atoms with van der Waals surface area (Å²) in [7, 11) is 0. The number of benzene rings is 1. The van der Waals surface area contributed by atoms with Gasteiger partial charge in [-0.25, -0.2) is 0 Å². The number of halogens is 1. The molecule has 0 aliphatic heterocycles. The van der Waals surface area contributed by atoms with Crippen molar-refractivity contribution in [1.82, 2.24) is 0 Å². The van der Waals surface area contributed by atoms with Gasteiger partial charge in [0.15, 0.2) is 5.83 Å². The number of hydrogen-bond acceptors (Lipinski definition) is 2. The molecule has 0 bridgehead atoms. The van der Waals surface area contributed by atoms with E-state index in [2.05, 4.69) is 31.2 Å². The van der Waals surface area contributed by atoms with Crippen molar-refractivity contribution in [2.75, 3.05) is 0 Å². The first-order valence-electron chi connectivity index (χ1n) is 10.8. The second-order valence-corrected chi connectivity index (χ2v) is 7.84. The third-order valence-electron chi connectivity index (χ3n) is 5.53. The smallest absolute Gasteiger partial charge is 0.199 e. The summed E-state index contributed by atoms with van der Waals surface area (Å²) in [6.45, 7) is 2.93. The van der Waals surface area contributed by atoms with Crippen LogP contribution in [0.2, 0.25) is 0 Å². The highest BCUT2D eigenvalue weighted by atomic mass is 19.1. The quantitative estimate of drug-likeness (QED) is 0.230. The Bertz CT molecular complexity index is 648. The van der Waals surface area contributed by atoms with Crippen molar-refractivity contribution in [1.29, 1.82) is 5.26 Å². The van der Waals surface area contributed by atoms with E-state index in [1.54, 1.807) is 6.08 Å². The predicted octanol–water partition coefficient (Wildman–Crippen LogP) is 7.21. The number of unbranched alkanes of at least 4 members (excludes halogenated alkanes) is 4. The highest BCUT2D eigenvalue weighted by Crippen LogP contribution is 2.28. The molecule has 0 radical (unpaired) electrons. The molecule has 0 atom stereocenters. The molecule has 152 valence electrons. The van der Waals surface area contributed by atoms with E-state index in [0.29, 0.717) is 18.6 Å². The molecule has 0 aromatic heterocycles. The lowest BCUT2D eigenvalue weighted by molar-refractivity contribution is 0.0110. The molecule has 0 spiro atoms. The van der Waals surface area contributed by atoms with E-state index >= 15 is 0 Å². The highest BCUT2D eigenvalue weighted by Gasteiger charge is 2.19. The molecule has 2 rings (SSSR count). The average Bonchev–Trinajstić information content (AvgIpc) is 2.73. The molecular weight excluding hydrogens is 349 g/mol. The molecule has 0 heterocycles. The van der Waals surface area contributed by atoms with Crippen molar-refractivity contribution in [3.05, 3.63) is 59.4 Å². The fourth-order valence-electron chi connectivity index (χ4n) is 3.73. The SMILES string of the molecule is CCCCCCCc1ccc(CO[C@H]2CC[C@H](/C=C/C=C(\F)C#N)CC2)cc1. The summed E-state index contributed by atoms with van der Waals surface area (Å²) in [5, 5.41) is 8.40. The Morgan fingerprint density at radius 3 is 2.43 bits per heavy atom. The highest BCUT2D eigenvalue weighted by molar-refractivity contribution is 5.22. The summed E-state index contributed by atoms with van der Waals surface area (Å²) in [6, 6.07) is 10.4. The maximum Gasteiger partial charge on any atom is 0.199 e. The van der Waals surface area contributed by atoms with Crippen LogP contribution in [0.4, 0.5) is 4.39 Å². The largest absolute Gasteiger partial charge is 0.374 e. The van der Waals surface area contributed by atoms with E-state index < -0.39 is 5.83 Å². The molecule has 1 saturated carbocycles. The maximum atomic E-state index is 12.8. The molecule has 1 aliphatic carbocycles. The molecule has 1 aromatic rings. The Labute approximate surface area is 170 Å². The molecule has 0 N–H and O–H groups in total. The first kappa shape index (κ1) is 22.4. The third-order valence-corrected chi connectivity index (χ3v) is 5.53. The molecule has 3 heteroatoms. The summed E-state index contributed by atoms with van der Waals surface area (Å²) in [5.74, 6) is -0.282. The van der Waals surface area contributed by atoms with Crippen molar-refractivity contribution in [2.24, 2.45) is 5.92 Å². The van der Waals surface area contributed by atoms with Gasteiger partial charge in [-0.05, 0) is 61.6 Å². The zero-order valence-electron chi connectivity index (χ0n) is 17.2. The second-order valence-electron chi connectivity index (χ2n) is 7.84. The van der Waals surface area contributed by atoms with Crippen LogP contribution < -0.4 is 0 Å². The average molecular weight is 384 g/mol. The van der Waals surface area contributed by atoms with E-state index in [0.717, 1.165) is 25.7 Å². The monoisotopic (exact) mass is 383 g/mol. The molecule has 28 heavy (non-hydrogen) atoms. The number of aryl methyl sites for hydroxylation is 1. The molecule has 0 unspecified atom stereocenters. The van der Waals surface area contributed by atoms with Gasteiger partial charge in [0, 0.05) is 0 Å². The Kier molecular flexibility index (Phi) is 10.6. The molecular formula is C25H34FNO. The molecule has 0 amide bonds. The van der Waals surface area contributed by atoms with Crippen LogP contribution in [-0.4, -0.2) is 6.10 Å². The van der Waals surface area contributed by atoms with Gasteiger partial charge in [-0.1, -0.05) is 69.0 Å². The molecule has 2 nitrogen and oxygen atoms in total. The summed E-state index contributed by atoms with van der Waals surface area (Å²) in [6.07, 6.45) is 17.2. The Morgan fingerprint density at radius 2 is 1.75 bits per heavy atom. The maximum absolute atomic E-state index is 12.8. The fraction of sp³-hybridized carbons (Fsp3) is 0.560. The van der Waals surface area contributed by atoms with Crippen LogP contribution in [0.15, 0.2) is 48.3 Å². The van der Waals surface area contributed by atoms with Gasteiger partial charge in [0.1, 0.15) is 6.07 Å². The number of ether oxygens (including phenoxy) is 1. The van der Waals surface area contributed by atoms with Gasteiger partial charge in [-0.3, -0.25) is 0 Å². The van der Waals surface area contributed by atoms with E-state index in [9.17, 15) is 4.39 Å². The van der Waals surface area contributed by atoms with Gasteiger partial charge in [0.05, 0.1) is 12.7 Å². The summed E-state index contributed by atoms with van der Waals surface area (Å²) >= 11 is 0. The molecule has 1 aliphatic rings. The van der Waals surface area contributed by atoms with Crippen molar-refractivity contribution >= 4 is 0 Å². The van der Waals surface area contributed by atoms with Gasteiger partial charge in [-0.2, -0.15) is 9.65 Å². The normalized spacial score (nSPS) is 20.4. The van der Waals surface area contributed by atoms with Crippen molar-refractivity contribution in [2.45, 2.75) is 83.8 Å². The lowest BCUT2D eigenvalue weighted by Crippen LogP contribution is -2.20. The van der Waals surface area contributed by atoms with Crippen LogP contribution in [0, 0.1) is 17.2 Å². The van der Waals surface area contributed by atoms with Crippen LogP contribution in [0.3, 0.4) is 0 Å². The minimum Gasteiger partial charge on any atom is -0.374 e. The first-order valence-corrected chi connectivity index (χ1v) is 10.8. The number of rotatable bonds is 11. The number of hydrogen-bond donors (Lipinski definition) is 0. The van der Waals surface area contributed by atoms with Gasteiger partial charge in [0.2, 0.25) is 0 Å². The van der Waals surface area contributed by atoms with Gasteiger partial charge < -0.3 is 4.74 Å². The van der Waals surface area contributed by atoms with Gasteiger partial charge >= 0.3 is 0 Å². The standard InChI is InChI=1S/C25H34FNO/c1-2-3-4-5-6-8-21-11-13-23(14-12-21)20-28-25-17-15-22(16-18-25)9-7-10-24(26)19-27/h7,9-14,22,25H,2-6,8,15-18,20H2,1H3/b9-7+,24-10-/t22-,25-. The number of allylic oxidation sites excluding steroid dienone is 4. The van der Waals surface area contributed by atoms with Crippen LogP contribution in [0.1, 0.15) is 75.8 Å². The predicted molar refractivity (Wildman–Crippen MR) is 113 cm³/mol. The lowest BCUT2D eigenvalue weighted by Gasteiger charge is -2.26. The molecule has 1 aromatic carbocycles. The van der Waals surface area contributed by atoms with E-state index in [1.807, 2.05) is 6.08 Å². The molecule has 1 fully saturated rings. The van der Waals surface area contributed by atoms with Crippen molar-refractivity contribution in [3.63, 3.8) is 0 Å². The minimum atomic E-state index is -0.740. The van der Waals surface area contributed by atoms with E-state index in [1.165, 1.54) is 61.8 Å². The summed E-state index contributed by atoms with van der Waals surface area (Å²) < 4.78 is 18.9. The van der Waals surface area contributed by atoms with Crippen LogP contribution >= 0.6 is 0 Å².